The summed E-state index contributed by atoms with van der Waals surface area (Å²) >= 11 is 0. The molecule has 0 atom stereocenters. The van der Waals surface area contributed by atoms with Crippen LogP contribution in [0.1, 0.15) is 11.1 Å². The second-order valence-electron chi connectivity index (χ2n) is 5.50. The zero-order chi connectivity index (χ0) is 16.8. The van der Waals surface area contributed by atoms with Crippen LogP contribution >= 0.6 is 0 Å². The van der Waals surface area contributed by atoms with Gasteiger partial charge in [0.1, 0.15) is 0 Å². The molecule has 1 amide bonds. The molecule has 122 valence electrons. The van der Waals surface area contributed by atoms with Crippen molar-refractivity contribution in [1.82, 2.24) is 4.90 Å². The Bertz CT molecular complexity index is 688. The van der Waals surface area contributed by atoms with Crippen molar-refractivity contribution in [1.29, 1.82) is 0 Å². The van der Waals surface area contributed by atoms with Gasteiger partial charge in [0.05, 0.1) is 13.7 Å². The summed E-state index contributed by atoms with van der Waals surface area (Å²) in [4.78, 5) is 13.9. The van der Waals surface area contributed by atoms with Crippen LogP contribution in [0, 0.1) is 12.7 Å². The Hall–Kier alpha value is -2.40. The molecule has 0 radical (unpaired) electrons. The lowest BCUT2D eigenvalue weighted by molar-refractivity contribution is -0.117. The molecule has 0 aliphatic rings. The van der Waals surface area contributed by atoms with Crippen LogP contribution in [0.3, 0.4) is 0 Å². The maximum atomic E-state index is 13.7. The number of nitrogens with zero attached hydrogens (tertiary/aromatic N) is 1. The minimum Gasteiger partial charge on any atom is -0.494 e. The highest BCUT2D eigenvalue weighted by Crippen LogP contribution is 2.18. The molecule has 2 aromatic rings. The lowest BCUT2D eigenvalue weighted by Crippen LogP contribution is -2.30. The number of amides is 1. The molecule has 2 aromatic carbocycles. The fourth-order valence-electron chi connectivity index (χ4n) is 2.32. The summed E-state index contributed by atoms with van der Waals surface area (Å²) < 4.78 is 18.6. The number of ether oxygens (including phenoxy) is 1. The number of nitrogens with one attached hydrogen (secondary N) is 1. The molecular formula is C18H21FN2O2. The molecule has 0 spiro atoms. The molecule has 0 saturated heterocycles. The van der Waals surface area contributed by atoms with E-state index in [1.54, 1.807) is 12.1 Å². The van der Waals surface area contributed by atoms with Gasteiger partial charge in [0.2, 0.25) is 5.91 Å². The van der Waals surface area contributed by atoms with E-state index in [1.807, 2.05) is 43.1 Å². The van der Waals surface area contributed by atoms with Crippen molar-refractivity contribution < 1.29 is 13.9 Å². The molecule has 0 fully saturated rings. The van der Waals surface area contributed by atoms with Crippen LogP contribution in [0.5, 0.6) is 5.75 Å². The van der Waals surface area contributed by atoms with Gasteiger partial charge in [0.25, 0.3) is 0 Å². The summed E-state index contributed by atoms with van der Waals surface area (Å²) in [6.45, 7) is 2.64. The molecule has 0 aromatic heterocycles. The van der Waals surface area contributed by atoms with E-state index in [1.165, 1.54) is 13.2 Å². The molecule has 2 rings (SSSR count). The van der Waals surface area contributed by atoms with Gasteiger partial charge < -0.3 is 10.1 Å². The van der Waals surface area contributed by atoms with Gasteiger partial charge in [-0.15, -0.1) is 0 Å². The van der Waals surface area contributed by atoms with Gasteiger partial charge in [-0.25, -0.2) is 4.39 Å². The van der Waals surface area contributed by atoms with Crippen LogP contribution in [-0.4, -0.2) is 31.5 Å². The van der Waals surface area contributed by atoms with Crippen molar-refractivity contribution in [3.63, 3.8) is 0 Å². The van der Waals surface area contributed by atoms with Crippen LogP contribution in [0.15, 0.2) is 42.5 Å². The molecule has 0 saturated carbocycles. The van der Waals surface area contributed by atoms with Crippen molar-refractivity contribution in [3.05, 3.63) is 59.4 Å². The number of aryl methyl sites for hydroxylation is 1. The van der Waals surface area contributed by atoms with Crippen molar-refractivity contribution in [3.8, 4) is 5.75 Å². The Balaban J connectivity index is 1.91. The first-order valence-electron chi connectivity index (χ1n) is 7.36. The second kappa shape index (κ2) is 7.74. The minimum absolute atomic E-state index is 0.101. The number of carbonyl (C=O) groups excluding carboxylic acids is 1. The van der Waals surface area contributed by atoms with E-state index in [2.05, 4.69) is 5.32 Å². The number of para-hydroxylation sites is 1. The van der Waals surface area contributed by atoms with E-state index in [0.717, 1.165) is 16.8 Å². The molecule has 0 unspecified atom stereocenters. The first-order valence-corrected chi connectivity index (χ1v) is 7.36. The summed E-state index contributed by atoms with van der Waals surface area (Å²) in [6.07, 6.45) is 0. The third kappa shape index (κ3) is 4.79. The van der Waals surface area contributed by atoms with E-state index >= 15 is 0 Å². The Morgan fingerprint density at radius 3 is 2.65 bits per heavy atom. The van der Waals surface area contributed by atoms with Crippen LogP contribution in [0.25, 0.3) is 0 Å². The van der Waals surface area contributed by atoms with Crippen LogP contribution < -0.4 is 10.1 Å². The second-order valence-corrected chi connectivity index (χ2v) is 5.50. The number of anilines is 1. The van der Waals surface area contributed by atoms with Gasteiger partial charge in [0.15, 0.2) is 11.6 Å². The van der Waals surface area contributed by atoms with Gasteiger partial charge >= 0.3 is 0 Å². The summed E-state index contributed by atoms with van der Waals surface area (Å²) in [5.41, 5.74) is 2.61. The quantitative estimate of drug-likeness (QED) is 0.890. The number of hydrogen-bond acceptors (Lipinski definition) is 3. The van der Waals surface area contributed by atoms with Gasteiger partial charge in [0, 0.05) is 12.2 Å². The summed E-state index contributed by atoms with van der Waals surface area (Å²) in [7, 11) is 3.25. The number of methoxy groups -OCH3 is 1. The molecular weight excluding hydrogens is 295 g/mol. The molecule has 4 nitrogen and oxygen atoms in total. The van der Waals surface area contributed by atoms with Crippen molar-refractivity contribution in [2.24, 2.45) is 0 Å². The fraction of sp³-hybridized carbons (Fsp3) is 0.278. The number of rotatable bonds is 6. The standard InChI is InChI=1S/C18H21FN2O2/c1-13-6-4-5-7-16(13)20-18(22)12-21(2)11-14-8-9-17(23-3)15(19)10-14/h4-10H,11-12H2,1-3H3,(H,20,22). The maximum Gasteiger partial charge on any atom is 0.238 e. The van der Waals surface area contributed by atoms with Gasteiger partial charge in [-0.1, -0.05) is 24.3 Å². The zero-order valence-corrected chi connectivity index (χ0v) is 13.6. The van der Waals surface area contributed by atoms with Crippen molar-refractivity contribution in [2.45, 2.75) is 13.5 Å². The fourth-order valence-corrected chi connectivity index (χ4v) is 2.32. The monoisotopic (exact) mass is 316 g/mol. The average Bonchev–Trinajstić information content (AvgIpc) is 2.49. The Kier molecular flexibility index (Phi) is 5.71. The molecule has 0 heterocycles. The number of benzene rings is 2. The highest BCUT2D eigenvalue weighted by Gasteiger charge is 2.10. The van der Waals surface area contributed by atoms with E-state index in [4.69, 9.17) is 4.74 Å². The smallest absolute Gasteiger partial charge is 0.238 e. The third-order valence-corrected chi connectivity index (χ3v) is 3.50. The molecule has 0 bridgehead atoms. The predicted molar refractivity (Wildman–Crippen MR) is 89.1 cm³/mol. The Morgan fingerprint density at radius 1 is 1.26 bits per heavy atom. The highest BCUT2D eigenvalue weighted by atomic mass is 19.1. The van der Waals surface area contributed by atoms with Crippen LogP contribution in [-0.2, 0) is 11.3 Å². The molecule has 1 N–H and O–H groups in total. The molecule has 0 aliphatic heterocycles. The Morgan fingerprint density at radius 2 is 2.00 bits per heavy atom. The summed E-state index contributed by atoms with van der Waals surface area (Å²) in [6, 6.07) is 12.4. The number of hydrogen-bond donors (Lipinski definition) is 1. The predicted octanol–water partition coefficient (Wildman–Crippen LogP) is 3.21. The lowest BCUT2D eigenvalue weighted by atomic mass is 10.2. The van der Waals surface area contributed by atoms with E-state index in [9.17, 15) is 9.18 Å². The maximum absolute atomic E-state index is 13.7. The first-order chi connectivity index (χ1) is 11.0. The van der Waals surface area contributed by atoms with E-state index in [-0.39, 0.29) is 18.2 Å². The topological polar surface area (TPSA) is 41.6 Å². The minimum atomic E-state index is -0.400. The van der Waals surface area contributed by atoms with Crippen molar-refractivity contribution in [2.75, 3.05) is 26.0 Å². The van der Waals surface area contributed by atoms with Crippen molar-refractivity contribution >= 4 is 11.6 Å². The zero-order valence-electron chi connectivity index (χ0n) is 13.6. The average molecular weight is 316 g/mol. The first kappa shape index (κ1) is 17.0. The SMILES string of the molecule is COc1ccc(CN(C)CC(=O)Nc2ccccc2C)cc1F. The molecule has 0 aliphatic carbocycles. The van der Waals surface area contributed by atoms with E-state index < -0.39 is 5.82 Å². The normalized spacial score (nSPS) is 10.7. The van der Waals surface area contributed by atoms with E-state index in [0.29, 0.717) is 6.54 Å². The molecule has 23 heavy (non-hydrogen) atoms. The lowest BCUT2D eigenvalue weighted by Gasteiger charge is -2.17. The molecule has 5 heteroatoms. The van der Waals surface area contributed by atoms with Gasteiger partial charge in [-0.3, -0.25) is 9.69 Å². The largest absolute Gasteiger partial charge is 0.494 e. The summed E-state index contributed by atoms with van der Waals surface area (Å²) in [5, 5.41) is 2.88. The number of halogens is 1. The summed E-state index contributed by atoms with van der Waals surface area (Å²) in [5.74, 6) is -0.285. The Labute approximate surface area is 135 Å². The highest BCUT2D eigenvalue weighted by molar-refractivity contribution is 5.92. The van der Waals surface area contributed by atoms with Gasteiger partial charge in [-0.2, -0.15) is 0 Å². The van der Waals surface area contributed by atoms with Crippen LogP contribution in [0.2, 0.25) is 0 Å². The third-order valence-electron chi connectivity index (χ3n) is 3.50. The number of carbonyl (C=O) groups is 1. The number of likely N-dealkylation sites (N-methyl/N-ethyl adjacent to an activating group) is 1. The van der Waals surface area contributed by atoms with Gasteiger partial charge in [-0.05, 0) is 43.3 Å². The van der Waals surface area contributed by atoms with Crippen LogP contribution in [0.4, 0.5) is 10.1 Å².